The second kappa shape index (κ2) is 6.54. The summed E-state index contributed by atoms with van der Waals surface area (Å²) in [5.41, 5.74) is 0. The highest BCUT2D eigenvalue weighted by molar-refractivity contribution is 6.45. The molecule has 7 amide bonds. The van der Waals surface area contributed by atoms with E-state index in [0.29, 0.717) is 24.3 Å². The van der Waals surface area contributed by atoms with Gasteiger partial charge in [0.15, 0.2) is 0 Å². The summed E-state index contributed by atoms with van der Waals surface area (Å²) in [4.78, 5) is 60.4. The number of amides is 7. The predicted octanol–water partition coefficient (Wildman–Crippen LogP) is -0.434. The van der Waals surface area contributed by atoms with E-state index < -0.39 is 36.3 Å². The fourth-order valence-corrected chi connectivity index (χ4v) is 2.66. The summed E-state index contributed by atoms with van der Waals surface area (Å²) < 4.78 is 0. The van der Waals surface area contributed by atoms with Gasteiger partial charge < -0.3 is 5.32 Å². The number of urea groups is 2. The lowest BCUT2D eigenvalue weighted by Crippen LogP contribution is -2.46. The van der Waals surface area contributed by atoms with Crippen LogP contribution in [0.4, 0.5) is 9.59 Å². The lowest BCUT2D eigenvalue weighted by Gasteiger charge is -2.20. The first kappa shape index (κ1) is 15.9. The zero-order valence-electron chi connectivity index (χ0n) is 12.3. The summed E-state index contributed by atoms with van der Waals surface area (Å²) in [5, 5.41) is 4.33. The van der Waals surface area contributed by atoms with Crippen LogP contribution in [-0.2, 0) is 14.4 Å². The summed E-state index contributed by atoms with van der Waals surface area (Å²) in [6.45, 7) is 1.36. The standard InChI is InChI=1S/C13H18N4O5/c1-2-14-12(21)15-9(18)7-16-10(19)11(20)17(13(16)22)8-5-3-4-6-8/h8H,2-7H2,1H3,(H2,14,15,18,21). The Kier molecular flexibility index (Phi) is 4.74. The van der Waals surface area contributed by atoms with Crippen LogP contribution in [0, 0.1) is 0 Å². The van der Waals surface area contributed by atoms with Crippen molar-refractivity contribution in [3.05, 3.63) is 0 Å². The van der Waals surface area contributed by atoms with Crippen LogP contribution in [0.1, 0.15) is 32.6 Å². The molecule has 2 N–H and O–H groups in total. The molecular formula is C13H18N4O5. The third-order valence-electron chi connectivity index (χ3n) is 3.67. The molecule has 120 valence electrons. The van der Waals surface area contributed by atoms with Crippen molar-refractivity contribution >= 4 is 29.8 Å². The summed E-state index contributed by atoms with van der Waals surface area (Å²) in [6.07, 6.45) is 3.13. The molecule has 1 saturated carbocycles. The van der Waals surface area contributed by atoms with Gasteiger partial charge in [-0.3, -0.25) is 24.6 Å². The summed E-state index contributed by atoms with van der Waals surface area (Å²) in [6, 6.07) is -1.78. The van der Waals surface area contributed by atoms with Crippen LogP contribution >= 0.6 is 0 Å². The fraction of sp³-hybridized carbons (Fsp3) is 0.615. The first-order valence-electron chi connectivity index (χ1n) is 7.22. The quantitative estimate of drug-likeness (QED) is 0.540. The van der Waals surface area contributed by atoms with Gasteiger partial charge in [0.05, 0.1) is 0 Å². The Morgan fingerprint density at radius 2 is 1.77 bits per heavy atom. The first-order valence-corrected chi connectivity index (χ1v) is 7.22. The van der Waals surface area contributed by atoms with Gasteiger partial charge in [-0.05, 0) is 19.8 Å². The average Bonchev–Trinajstić information content (AvgIpc) is 3.03. The second-order valence-corrected chi connectivity index (χ2v) is 5.19. The minimum Gasteiger partial charge on any atom is -0.338 e. The molecule has 0 aromatic rings. The molecule has 0 aromatic heterocycles. The monoisotopic (exact) mass is 310 g/mol. The van der Waals surface area contributed by atoms with Crippen LogP contribution in [-0.4, -0.2) is 58.7 Å². The third-order valence-corrected chi connectivity index (χ3v) is 3.67. The topological polar surface area (TPSA) is 116 Å². The highest BCUT2D eigenvalue weighted by atomic mass is 16.2. The van der Waals surface area contributed by atoms with Crippen LogP contribution in [0.25, 0.3) is 0 Å². The molecule has 2 rings (SSSR count). The van der Waals surface area contributed by atoms with Crippen LogP contribution in [0.15, 0.2) is 0 Å². The zero-order valence-corrected chi connectivity index (χ0v) is 12.3. The lowest BCUT2D eigenvalue weighted by molar-refractivity contribution is -0.144. The Bertz CT molecular complexity index is 527. The van der Waals surface area contributed by atoms with E-state index in [1.165, 1.54) is 0 Å². The van der Waals surface area contributed by atoms with E-state index in [1.807, 2.05) is 5.32 Å². The molecule has 0 atom stereocenters. The minimum absolute atomic E-state index is 0.277. The maximum atomic E-state index is 12.2. The molecule has 9 nitrogen and oxygen atoms in total. The molecule has 0 aromatic carbocycles. The molecule has 0 unspecified atom stereocenters. The normalized spacial score (nSPS) is 19.0. The molecule has 1 saturated heterocycles. The summed E-state index contributed by atoms with van der Waals surface area (Å²) in [5.74, 6) is -2.75. The molecule has 22 heavy (non-hydrogen) atoms. The van der Waals surface area contributed by atoms with E-state index in [0.717, 1.165) is 17.7 Å². The Balaban J connectivity index is 2.00. The van der Waals surface area contributed by atoms with Gasteiger partial charge in [-0.2, -0.15) is 0 Å². The van der Waals surface area contributed by atoms with Crippen molar-refractivity contribution in [2.45, 2.75) is 38.6 Å². The van der Waals surface area contributed by atoms with Gasteiger partial charge in [0.2, 0.25) is 5.91 Å². The highest BCUT2D eigenvalue weighted by Gasteiger charge is 2.48. The number of carbonyl (C=O) groups excluding carboxylic acids is 5. The van der Waals surface area contributed by atoms with Crippen molar-refractivity contribution in [1.29, 1.82) is 0 Å². The third kappa shape index (κ3) is 3.07. The predicted molar refractivity (Wildman–Crippen MR) is 73.4 cm³/mol. The van der Waals surface area contributed by atoms with Crippen molar-refractivity contribution in [3.63, 3.8) is 0 Å². The average molecular weight is 310 g/mol. The molecule has 2 fully saturated rings. The molecule has 2 aliphatic rings. The Morgan fingerprint density at radius 3 is 2.36 bits per heavy atom. The van der Waals surface area contributed by atoms with Gasteiger partial charge in [0.1, 0.15) is 6.54 Å². The number of nitrogens with zero attached hydrogens (tertiary/aromatic N) is 2. The van der Waals surface area contributed by atoms with E-state index >= 15 is 0 Å². The summed E-state index contributed by atoms with van der Waals surface area (Å²) in [7, 11) is 0. The number of hydrogen-bond donors (Lipinski definition) is 2. The van der Waals surface area contributed by atoms with Crippen LogP contribution in [0.2, 0.25) is 0 Å². The SMILES string of the molecule is CCNC(=O)NC(=O)CN1C(=O)C(=O)N(C2CCCC2)C1=O. The Labute approximate surface area is 127 Å². The van der Waals surface area contributed by atoms with Crippen LogP contribution in [0.5, 0.6) is 0 Å². The van der Waals surface area contributed by atoms with Gasteiger partial charge >= 0.3 is 23.9 Å². The zero-order chi connectivity index (χ0) is 16.3. The summed E-state index contributed by atoms with van der Waals surface area (Å²) >= 11 is 0. The number of imide groups is 3. The second-order valence-electron chi connectivity index (χ2n) is 5.19. The largest absolute Gasteiger partial charge is 0.338 e. The van der Waals surface area contributed by atoms with Gasteiger partial charge in [0, 0.05) is 12.6 Å². The molecule has 0 spiro atoms. The van der Waals surface area contributed by atoms with E-state index in [9.17, 15) is 24.0 Å². The Hall–Kier alpha value is -2.45. The van der Waals surface area contributed by atoms with Gasteiger partial charge in [-0.1, -0.05) is 12.8 Å². The number of rotatable bonds is 4. The lowest BCUT2D eigenvalue weighted by atomic mass is 10.2. The first-order chi connectivity index (χ1) is 10.5. The molecule has 1 heterocycles. The van der Waals surface area contributed by atoms with E-state index in [1.54, 1.807) is 6.92 Å². The fourth-order valence-electron chi connectivity index (χ4n) is 2.66. The van der Waals surface area contributed by atoms with Crippen molar-refractivity contribution in [1.82, 2.24) is 20.4 Å². The maximum Gasteiger partial charge on any atom is 0.334 e. The van der Waals surface area contributed by atoms with Gasteiger partial charge in [-0.15, -0.1) is 0 Å². The molecule has 1 aliphatic heterocycles. The maximum absolute atomic E-state index is 12.2. The minimum atomic E-state index is -1.03. The van der Waals surface area contributed by atoms with Crippen molar-refractivity contribution in [2.24, 2.45) is 0 Å². The van der Waals surface area contributed by atoms with Crippen molar-refractivity contribution in [3.8, 4) is 0 Å². The Morgan fingerprint density at radius 1 is 1.14 bits per heavy atom. The van der Waals surface area contributed by atoms with Crippen LogP contribution in [0.3, 0.4) is 0 Å². The number of nitrogens with one attached hydrogen (secondary N) is 2. The van der Waals surface area contributed by atoms with Gasteiger partial charge in [-0.25, -0.2) is 14.5 Å². The smallest absolute Gasteiger partial charge is 0.334 e. The van der Waals surface area contributed by atoms with E-state index in [-0.39, 0.29) is 6.04 Å². The molecule has 0 radical (unpaired) electrons. The molecule has 9 heteroatoms. The van der Waals surface area contributed by atoms with Crippen LogP contribution < -0.4 is 10.6 Å². The number of carbonyl (C=O) groups is 5. The van der Waals surface area contributed by atoms with E-state index in [4.69, 9.17) is 0 Å². The van der Waals surface area contributed by atoms with Gasteiger partial charge in [0.25, 0.3) is 0 Å². The molecular weight excluding hydrogens is 292 g/mol. The highest BCUT2D eigenvalue weighted by Crippen LogP contribution is 2.27. The number of hydrogen-bond acceptors (Lipinski definition) is 5. The molecule has 0 bridgehead atoms. The van der Waals surface area contributed by atoms with Crippen molar-refractivity contribution in [2.75, 3.05) is 13.1 Å². The van der Waals surface area contributed by atoms with E-state index in [2.05, 4.69) is 5.32 Å². The molecule has 1 aliphatic carbocycles. The van der Waals surface area contributed by atoms with Crippen molar-refractivity contribution < 1.29 is 24.0 Å².